The van der Waals surface area contributed by atoms with E-state index >= 15 is 0 Å². The van der Waals surface area contributed by atoms with Crippen LogP contribution in [0.1, 0.15) is 43.6 Å². The molecule has 9 nitrogen and oxygen atoms in total. The van der Waals surface area contributed by atoms with Gasteiger partial charge in [-0.25, -0.2) is 9.18 Å². The molecule has 2 atom stereocenters. The summed E-state index contributed by atoms with van der Waals surface area (Å²) in [5.74, 6) is -0.0708. The van der Waals surface area contributed by atoms with Crippen LogP contribution in [0.25, 0.3) is 0 Å². The van der Waals surface area contributed by atoms with Crippen LogP contribution in [0.3, 0.4) is 0 Å². The summed E-state index contributed by atoms with van der Waals surface area (Å²) in [7, 11) is 1.35. The summed E-state index contributed by atoms with van der Waals surface area (Å²) in [6.45, 7) is 2.62. The first-order valence-corrected chi connectivity index (χ1v) is 14.3. The predicted molar refractivity (Wildman–Crippen MR) is 134 cm³/mol. The molecule has 0 bridgehead atoms. The summed E-state index contributed by atoms with van der Waals surface area (Å²) in [5.41, 5.74) is 1.03. The highest BCUT2D eigenvalue weighted by atomic mass is 32.2. The lowest BCUT2D eigenvalue weighted by molar-refractivity contribution is -0.0351. The minimum Gasteiger partial charge on any atom is -0.443 e. The van der Waals surface area contributed by atoms with Crippen LogP contribution in [0.4, 0.5) is 9.18 Å². The number of carbonyl (C=O) groups excluding carboxylic acids is 1. The lowest BCUT2D eigenvalue weighted by atomic mass is 9.82. The molecule has 202 valence electrons. The summed E-state index contributed by atoms with van der Waals surface area (Å²) in [6, 6.07) is 6.48. The van der Waals surface area contributed by atoms with Gasteiger partial charge in [-0.15, -0.1) is 0 Å². The highest BCUT2D eigenvalue weighted by Gasteiger charge is 2.37. The second-order valence-electron chi connectivity index (χ2n) is 10.6. The first-order valence-electron chi connectivity index (χ1n) is 12.8. The van der Waals surface area contributed by atoms with Crippen molar-refractivity contribution in [1.82, 2.24) is 18.8 Å². The molecular weight excluding hydrogens is 487 g/mol. The Morgan fingerprint density at radius 2 is 1.83 bits per heavy atom. The summed E-state index contributed by atoms with van der Waals surface area (Å²) >= 11 is 0. The Hall–Kier alpha value is -1.79. The van der Waals surface area contributed by atoms with Gasteiger partial charge in [0.1, 0.15) is 11.9 Å². The van der Waals surface area contributed by atoms with Gasteiger partial charge < -0.3 is 14.4 Å². The number of hydrogen-bond donors (Lipinski definition) is 1. The first-order chi connectivity index (χ1) is 17.1. The van der Waals surface area contributed by atoms with Gasteiger partial charge >= 0.3 is 6.09 Å². The smallest absolute Gasteiger partial charge is 0.410 e. The zero-order valence-corrected chi connectivity index (χ0v) is 22.3. The number of hydrogen-bond acceptors (Lipinski definition) is 6. The van der Waals surface area contributed by atoms with Gasteiger partial charge in [-0.2, -0.15) is 17.4 Å². The van der Waals surface area contributed by atoms with Crippen LogP contribution in [0, 0.1) is 11.7 Å². The number of ether oxygens (including phenoxy) is 2. The summed E-state index contributed by atoms with van der Waals surface area (Å²) in [4.78, 5) is 16.5. The molecule has 1 amide bonds. The third-order valence-electron chi connectivity index (χ3n) is 7.61. The number of halogens is 1. The van der Waals surface area contributed by atoms with E-state index in [4.69, 9.17) is 9.47 Å². The maximum absolute atomic E-state index is 13.6. The van der Waals surface area contributed by atoms with Crippen molar-refractivity contribution in [2.75, 3.05) is 53.9 Å². The molecule has 1 aromatic rings. The summed E-state index contributed by atoms with van der Waals surface area (Å²) in [5, 5.41) is 0. The molecule has 4 rings (SSSR count). The molecule has 2 aliphatic heterocycles. The highest BCUT2D eigenvalue weighted by Crippen LogP contribution is 2.34. The molecular formula is C25H39FN4O5S. The largest absolute Gasteiger partial charge is 0.443 e. The Balaban J connectivity index is 1.33. The molecule has 2 saturated heterocycles. The van der Waals surface area contributed by atoms with Crippen molar-refractivity contribution in [1.29, 1.82) is 0 Å². The Kier molecular flexibility index (Phi) is 8.87. The van der Waals surface area contributed by atoms with E-state index < -0.39 is 10.2 Å². The standard InChI is InChI=1S/C25H39FN4O5S/c1-28(2)36(32,33)27-24-11-12-30(25(31)35-23-15-29(3)16-23)14-20(24)17-34-22-9-7-18(8-10-22)19-5-4-6-21(26)13-19/h4-6,13,18,20,22-24,27H,7-12,14-17H2,1-3H3. The van der Waals surface area contributed by atoms with Crippen molar-refractivity contribution in [2.24, 2.45) is 5.92 Å². The molecule has 2 heterocycles. The molecule has 0 radical (unpaired) electrons. The number of amides is 1. The van der Waals surface area contributed by atoms with E-state index in [0.717, 1.165) is 48.6 Å². The number of nitrogens with one attached hydrogen (secondary N) is 1. The Labute approximate surface area is 214 Å². The van der Waals surface area contributed by atoms with Crippen molar-refractivity contribution in [3.05, 3.63) is 35.6 Å². The summed E-state index contributed by atoms with van der Waals surface area (Å²) < 4.78 is 54.5. The van der Waals surface area contributed by atoms with Crippen molar-refractivity contribution < 1.29 is 27.1 Å². The third-order valence-corrected chi connectivity index (χ3v) is 9.17. The van der Waals surface area contributed by atoms with Gasteiger partial charge in [0, 0.05) is 52.2 Å². The normalized spacial score (nSPS) is 28.2. The van der Waals surface area contributed by atoms with Crippen LogP contribution in [-0.4, -0.2) is 101 Å². The molecule has 36 heavy (non-hydrogen) atoms. The van der Waals surface area contributed by atoms with Gasteiger partial charge in [-0.3, -0.25) is 4.90 Å². The monoisotopic (exact) mass is 526 g/mol. The van der Waals surface area contributed by atoms with Gasteiger partial charge in [-0.1, -0.05) is 12.1 Å². The molecule has 1 aromatic carbocycles. The molecule has 0 spiro atoms. The molecule has 11 heteroatoms. The van der Waals surface area contributed by atoms with E-state index in [-0.39, 0.29) is 36.1 Å². The van der Waals surface area contributed by atoms with Crippen molar-refractivity contribution in [3.8, 4) is 0 Å². The second kappa shape index (κ2) is 11.7. The van der Waals surface area contributed by atoms with Crippen LogP contribution in [0.5, 0.6) is 0 Å². The number of likely N-dealkylation sites (tertiary alicyclic amines) is 2. The van der Waals surface area contributed by atoms with Crippen LogP contribution in [0.2, 0.25) is 0 Å². The Bertz CT molecular complexity index is 996. The average molecular weight is 527 g/mol. The van der Waals surface area contributed by atoms with E-state index in [2.05, 4.69) is 9.62 Å². The number of rotatable bonds is 8. The molecule has 1 N–H and O–H groups in total. The fraction of sp³-hybridized carbons (Fsp3) is 0.720. The summed E-state index contributed by atoms with van der Waals surface area (Å²) in [6.07, 6.45) is 3.69. The lowest BCUT2D eigenvalue weighted by Crippen LogP contribution is -2.57. The van der Waals surface area contributed by atoms with Gasteiger partial charge in [0.15, 0.2) is 0 Å². The van der Waals surface area contributed by atoms with Crippen molar-refractivity contribution >= 4 is 16.3 Å². The molecule has 3 aliphatic rings. The van der Waals surface area contributed by atoms with E-state index in [1.165, 1.54) is 20.2 Å². The predicted octanol–water partition coefficient (Wildman–Crippen LogP) is 2.41. The highest BCUT2D eigenvalue weighted by molar-refractivity contribution is 7.87. The second-order valence-corrected chi connectivity index (χ2v) is 12.5. The number of likely N-dealkylation sites (N-methyl/N-ethyl adjacent to an activating group) is 1. The zero-order chi connectivity index (χ0) is 25.9. The van der Waals surface area contributed by atoms with Gasteiger partial charge in [0.05, 0.1) is 12.7 Å². The van der Waals surface area contributed by atoms with E-state index in [9.17, 15) is 17.6 Å². The SMILES string of the molecule is CN1CC(OC(=O)N2CCC(NS(=O)(=O)N(C)C)C(COC3CCC(c4cccc(F)c4)CC3)C2)C1. The molecule has 1 saturated carbocycles. The Morgan fingerprint density at radius 3 is 2.47 bits per heavy atom. The first kappa shape index (κ1) is 27.3. The molecule has 2 unspecified atom stereocenters. The average Bonchev–Trinajstić information content (AvgIpc) is 2.82. The van der Waals surface area contributed by atoms with E-state index in [0.29, 0.717) is 32.0 Å². The quantitative estimate of drug-likeness (QED) is 0.560. The fourth-order valence-electron chi connectivity index (χ4n) is 5.34. The molecule has 0 aromatic heterocycles. The van der Waals surface area contributed by atoms with Crippen LogP contribution in [-0.2, 0) is 19.7 Å². The molecule has 3 fully saturated rings. The van der Waals surface area contributed by atoms with Crippen LogP contribution >= 0.6 is 0 Å². The van der Waals surface area contributed by atoms with Crippen molar-refractivity contribution in [2.45, 2.75) is 56.3 Å². The topological polar surface area (TPSA) is 91.4 Å². The minimum atomic E-state index is -3.62. The fourth-order valence-corrected chi connectivity index (χ4v) is 6.24. The molecule has 1 aliphatic carbocycles. The number of nitrogens with zero attached hydrogens (tertiary/aromatic N) is 3. The van der Waals surface area contributed by atoms with E-state index in [1.54, 1.807) is 17.0 Å². The van der Waals surface area contributed by atoms with Crippen molar-refractivity contribution in [3.63, 3.8) is 0 Å². The third kappa shape index (κ3) is 6.95. The Morgan fingerprint density at radius 1 is 1.11 bits per heavy atom. The van der Waals surface area contributed by atoms with Gasteiger partial charge in [0.25, 0.3) is 10.2 Å². The number of carbonyl (C=O) groups is 1. The van der Waals surface area contributed by atoms with Gasteiger partial charge in [0.2, 0.25) is 0 Å². The van der Waals surface area contributed by atoms with E-state index in [1.807, 2.05) is 13.1 Å². The van der Waals surface area contributed by atoms with Crippen LogP contribution in [0.15, 0.2) is 24.3 Å². The maximum Gasteiger partial charge on any atom is 0.410 e. The lowest BCUT2D eigenvalue weighted by Gasteiger charge is -2.41. The minimum absolute atomic E-state index is 0.0637. The van der Waals surface area contributed by atoms with Gasteiger partial charge in [-0.05, 0) is 62.8 Å². The van der Waals surface area contributed by atoms with Crippen LogP contribution < -0.4 is 4.72 Å². The maximum atomic E-state index is 13.6. The number of benzene rings is 1. The number of piperidine rings is 1. The zero-order valence-electron chi connectivity index (χ0n) is 21.4.